The molecule has 3 fully saturated rings. The minimum atomic E-state index is -0.821. The summed E-state index contributed by atoms with van der Waals surface area (Å²) in [4.78, 5) is 20.9. The zero-order valence-electron chi connectivity index (χ0n) is 18.8. The number of aliphatic carboxylic acids is 1. The van der Waals surface area contributed by atoms with E-state index in [1.54, 1.807) is 0 Å². The molecular weight excluding hydrogens is 410 g/mol. The molecule has 0 radical (unpaired) electrons. The number of hydrazone groups is 1. The van der Waals surface area contributed by atoms with Crippen LogP contribution in [0, 0.1) is 0 Å². The van der Waals surface area contributed by atoms with Gasteiger partial charge in [0.1, 0.15) is 0 Å². The molecule has 0 spiro atoms. The van der Waals surface area contributed by atoms with E-state index in [1.807, 2.05) is 11.1 Å². The van der Waals surface area contributed by atoms with Crippen LogP contribution in [0.3, 0.4) is 0 Å². The molecule has 0 saturated carbocycles. The number of carbonyl (C=O) groups is 1. The van der Waals surface area contributed by atoms with Gasteiger partial charge in [0.25, 0.3) is 0 Å². The second-order valence-electron chi connectivity index (χ2n) is 9.41. The Morgan fingerprint density at radius 3 is 2.53 bits per heavy atom. The van der Waals surface area contributed by atoms with Gasteiger partial charge in [0.05, 0.1) is 30.5 Å². The van der Waals surface area contributed by atoms with Crippen LogP contribution in [0.1, 0.15) is 42.9 Å². The number of likely N-dealkylation sites (N-methyl/N-ethyl adjacent to an activating group) is 1. The van der Waals surface area contributed by atoms with Gasteiger partial charge in [-0.25, -0.2) is 0 Å². The fourth-order valence-corrected chi connectivity index (χ4v) is 4.69. The lowest BCUT2D eigenvalue weighted by molar-refractivity contribution is -0.140. The average Bonchev–Trinajstić information content (AvgIpc) is 3.23. The molecule has 0 aliphatic carbocycles. The lowest BCUT2D eigenvalue weighted by atomic mass is 9.84. The van der Waals surface area contributed by atoms with E-state index in [4.69, 9.17) is 9.94 Å². The Hall–Kier alpha value is -2.04. The third kappa shape index (κ3) is 6.26. The van der Waals surface area contributed by atoms with Crippen LogP contribution in [0.15, 0.2) is 29.4 Å². The summed E-state index contributed by atoms with van der Waals surface area (Å²) in [5.41, 5.74) is 4.57. The summed E-state index contributed by atoms with van der Waals surface area (Å²) < 4.78 is 0. The van der Waals surface area contributed by atoms with Crippen LogP contribution in [0.5, 0.6) is 0 Å². The highest BCUT2D eigenvalue weighted by atomic mass is 16.7. The van der Waals surface area contributed by atoms with Crippen LogP contribution in [-0.2, 0) is 9.63 Å². The van der Waals surface area contributed by atoms with Crippen molar-refractivity contribution in [3.63, 3.8) is 0 Å². The fraction of sp³-hybridized carbons (Fsp3) is 0.652. The monoisotopic (exact) mass is 445 g/mol. The van der Waals surface area contributed by atoms with E-state index in [-0.39, 0.29) is 18.7 Å². The van der Waals surface area contributed by atoms with E-state index in [0.717, 1.165) is 43.7 Å². The number of piperidine rings is 1. The molecule has 1 aromatic carbocycles. The van der Waals surface area contributed by atoms with Crippen molar-refractivity contribution in [3.05, 3.63) is 35.4 Å². The van der Waals surface area contributed by atoms with Gasteiger partial charge >= 0.3 is 5.97 Å². The number of hydrogen-bond donors (Lipinski definition) is 3. The second-order valence-corrected chi connectivity index (χ2v) is 9.41. The van der Waals surface area contributed by atoms with Crippen LogP contribution < -0.4 is 5.48 Å². The molecule has 3 heterocycles. The largest absolute Gasteiger partial charge is 0.480 e. The van der Waals surface area contributed by atoms with E-state index in [2.05, 4.69) is 51.8 Å². The first-order chi connectivity index (χ1) is 15.4. The van der Waals surface area contributed by atoms with Crippen molar-refractivity contribution in [1.29, 1.82) is 0 Å². The molecular formula is C23H35N5O4. The van der Waals surface area contributed by atoms with Crippen LogP contribution in [0.2, 0.25) is 0 Å². The molecule has 1 aromatic rings. The van der Waals surface area contributed by atoms with Crippen molar-refractivity contribution < 1.29 is 19.8 Å². The number of likely N-dealkylation sites (tertiary alicyclic amines) is 1. The molecule has 3 N–H and O–H groups in total. The molecule has 9 nitrogen and oxygen atoms in total. The Morgan fingerprint density at radius 2 is 1.88 bits per heavy atom. The quantitative estimate of drug-likeness (QED) is 0.533. The molecule has 3 aliphatic heterocycles. The summed E-state index contributed by atoms with van der Waals surface area (Å²) in [6.07, 6.45) is 4.37. The van der Waals surface area contributed by atoms with Crippen molar-refractivity contribution in [3.8, 4) is 0 Å². The highest BCUT2D eigenvalue weighted by Gasteiger charge is 2.38. The maximum absolute atomic E-state index is 11.0. The third-order valence-electron chi connectivity index (χ3n) is 6.82. The van der Waals surface area contributed by atoms with Crippen molar-refractivity contribution >= 4 is 12.2 Å². The van der Waals surface area contributed by atoms with E-state index in [1.165, 1.54) is 0 Å². The first-order valence-corrected chi connectivity index (χ1v) is 11.5. The zero-order chi connectivity index (χ0) is 22.6. The summed E-state index contributed by atoms with van der Waals surface area (Å²) in [5, 5.41) is 26.6. The fourth-order valence-electron chi connectivity index (χ4n) is 4.69. The Labute approximate surface area is 189 Å². The number of aliphatic hydroxyl groups is 1. The molecule has 3 saturated heterocycles. The Kier molecular flexibility index (Phi) is 7.42. The summed E-state index contributed by atoms with van der Waals surface area (Å²) in [7, 11) is 2.14. The number of hydroxylamine groups is 1. The van der Waals surface area contributed by atoms with Gasteiger partial charge < -0.3 is 15.1 Å². The lowest BCUT2D eigenvalue weighted by Gasteiger charge is -2.38. The standard InChI is InChI=1S/C23H35N5O4/c1-26-10-12-28(13-11-26)24-16-18-2-4-19(5-3-18)21-14-20(32-25-21)15-23(31)6-8-27(9-7-23)17-22(29)30/h2-5,16,20-21,25,31H,6-15,17H2,1H3,(H,29,30). The van der Waals surface area contributed by atoms with Gasteiger partial charge in [-0.15, -0.1) is 0 Å². The lowest BCUT2D eigenvalue weighted by Crippen LogP contribution is -2.47. The average molecular weight is 446 g/mol. The summed E-state index contributed by atoms with van der Waals surface area (Å²) in [6.45, 7) is 5.24. The number of carboxylic acids is 1. The number of benzene rings is 1. The van der Waals surface area contributed by atoms with Gasteiger partial charge in [0.2, 0.25) is 0 Å². The maximum atomic E-state index is 11.0. The van der Waals surface area contributed by atoms with Crippen molar-refractivity contribution in [1.82, 2.24) is 20.3 Å². The Balaban J connectivity index is 1.24. The van der Waals surface area contributed by atoms with Gasteiger partial charge in [-0.05, 0) is 37.4 Å². The van der Waals surface area contributed by atoms with Gasteiger partial charge in [-0.3, -0.25) is 19.5 Å². The first kappa shape index (κ1) is 23.1. The van der Waals surface area contributed by atoms with E-state index in [9.17, 15) is 9.90 Å². The van der Waals surface area contributed by atoms with E-state index < -0.39 is 11.6 Å². The van der Waals surface area contributed by atoms with E-state index in [0.29, 0.717) is 32.4 Å². The first-order valence-electron chi connectivity index (χ1n) is 11.5. The summed E-state index contributed by atoms with van der Waals surface area (Å²) >= 11 is 0. The molecule has 176 valence electrons. The van der Waals surface area contributed by atoms with Crippen molar-refractivity contribution in [2.75, 3.05) is 52.9 Å². The van der Waals surface area contributed by atoms with Gasteiger partial charge in [0.15, 0.2) is 0 Å². The minimum Gasteiger partial charge on any atom is -0.480 e. The number of hydrogen-bond acceptors (Lipinski definition) is 8. The number of carboxylic acid groups (broad SMARTS) is 1. The Bertz CT molecular complexity index is 786. The zero-order valence-corrected chi connectivity index (χ0v) is 18.8. The molecule has 3 aliphatic rings. The molecule has 2 unspecified atom stereocenters. The minimum absolute atomic E-state index is 0.0374. The van der Waals surface area contributed by atoms with Crippen molar-refractivity contribution in [2.24, 2.45) is 5.10 Å². The molecule has 0 amide bonds. The van der Waals surface area contributed by atoms with Crippen LogP contribution in [0.25, 0.3) is 0 Å². The highest BCUT2D eigenvalue weighted by molar-refractivity contribution is 5.79. The van der Waals surface area contributed by atoms with Crippen LogP contribution in [-0.4, -0.2) is 102 Å². The number of nitrogens with one attached hydrogen (secondary N) is 1. The predicted octanol–water partition coefficient (Wildman–Crippen LogP) is 0.904. The number of nitrogens with zero attached hydrogens (tertiary/aromatic N) is 4. The van der Waals surface area contributed by atoms with Crippen LogP contribution >= 0.6 is 0 Å². The van der Waals surface area contributed by atoms with E-state index >= 15 is 0 Å². The van der Waals surface area contributed by atoms with Gasteiger partial charge in [-0.2, -0.15) is 10.6 Å². The normalized spacial score (nSPS) is 27.2. The molecule has 0 aromatic heterocycles. The smallest absolute Gasteiger partial charge is 0.317 e. The number of piperazine rings is 1. The third-order valence-corrected chi connectivity index (χ3v) is 6.82. The molecule has 4 rings (SSSR count). The molecule has 32 heavy (non-hydrogen) atoms. The second kappa shape index (κ2) is 10.3. The van der Waals surface area contributed by atoms with Gasteiger partial charge in [0, 0.05) is 45.7 Å². The molecule has 0 bridgehead atoms. The summed E-state index contributed by atoms with van der Waals surface area (Å²) in [6, 6.07) is 8.46. The van der Waals surface area contributed by atoms with Crippen LogP contribution in [0.4, 0.5) is 0 Å². The SMILES string of the molecule is CN1CCN(N=Cc2ccc(C3CC(CC4(O)CCN(CC(=O)O)CC4)ON3)cc2)CC1. The number of rotatable bonds is 7. The summed E-state index contributed by atoms with van der Waals surface area (Å²) in [5.74, 6) is -0.821. The highest BCUT2D eigenvalue weighted by Crippen LogP contribution is 2.34. The predicted molar refractivity (Wildman–Crippen MR) is 121 cm³/mol. The molecule has 2 atom stereocenters. The molecule has 9 heteroatoms. The van der Waals surface area contributed by atoms with Crippen molar-refractivity contribution in [2.45, 2.75) is 43.4 Å². The maximum Gasteiger partial charge on any atom is 0.317 e. The topological polar surface area (TPSA) is 101 Å². The van der Waals surface area contributed by atoms with Gasteiger partial charge in [-0.1, -0.05) is 24.3 Å². The Morgan fingerprint density at radius 1 is 1.19 bits per heavy atom.